The molecule has 0 bridgehead atoms. The first-order valence-electron chi connectivity index (χ1n) is 11.6. The number of piperidine rings is 1. The minimum atomic E-state index is -0.616. The highest BCUT2D eigenvalue weighted by Gasteiger charge is 2.22. The van der Waals surface area contributed by atoms with Gasteiger partial charge in [-0.25, -0.2) is 18.7 Å². The summed E-state index contributed by atoms with van der Waals surface area (Å²) >= 11 is 6.09. The van der Waals surface area contributed by atoms with Crippen molar-refractivity contribution in [3.63, 3.8) is 0 Å². The van der Waals surface area contributed by atoms with Crippen molar-refractivity contribution in [3.8, 4) is 28.2 Å². The number of rotatable bonds is 4. The van der Waals surface area contributed by atoms with Gasteiger partial charge in [0, 0.05) is 29.6 Å². The smallest absolute Gasteiger partial charge is 0.165 e. The first-order chi connectivity index (χ1) is 17.5. The summed E-state index contributed by atoms with van der Waals surface area (Å²) in [6, 6.07) is 11.1. The number of pyridine rings is 1. The Balaban J connectivity index is 1.51. The average Bonchev–Trinajstić information content (AvgIpc) is 3.52. The number of imidazole rings is 1. The van der Waals surface area contributed by atoms with Crippen LogP contribution in [0.15, 0.2) is 61.1 Å². The second kappa shape index (κ2) is 9.00. The van der Waals surface area contributed by atoms with Crippen molar-refractivity contribution in [2.75, 3.05) is 18.8 Å². The fourth-order valence-corrected chi connectivity index (χ4v) is 4.88. The van der Waals surface area contributed by atoms with Crippen molar-refractivity contribution in [2.45, 2.75) is 18.9 Å². The number of anilines is 1. The highest BCUT2D eigenvalue weighted by molar-refractivity contribution is 6.30. The number of hydrogen-bond donors (Lipinski definition) is 2. The first-order valence-corrected chi connectivity index (χ1v) is 12.0. The van der Waals surface area contributed by atoms with Gasteiger partial charge in [-0.15, -0.1) is 0 Å². The van der Waals surface area contributed by atoms with E-state index >= 15 is 4.39 Å². The quantitative estimate of drug-likeness (QED) is 0.342. The van der Waals surface area contributed by atoms with Crippen molar-refractivity contribution in [2.24, 2.45) is 0 Å². The molecular formula is C26H22ClF2N7. The van der Waals surface area contributed by atoms with Crippen LogP contribution in [0.4, 0.5) is 14.6 Å². The van der Waals surface area contributed by atoms with E-state index in [4.69, 9.17) is 17.3 Å². The molecule has 0 unspecified atom stereocenters. The Kier molecular flexibility index (Phi) is 5.66. The molecule has 36 heavy (non-hydrogen) atoms. The second-order valence-electron chi connectivity index (χ2n) is 8.82. The van der Waals surface area contributed by atoms with Crippen LogP contribution < -0.4 is 11.1 Å². The number of nitrogens with zero attached hydrogens (tertiary/aromatic N) is 5. The molecule has 2 aromatic carbocycles. The molecule has 1 fully saturated rings. The Morgan fingerprint density at radius 3 is 2.69 bits per heavy atom. The molecule has 0 aliphatic carbocycles. The fourth-order valence-electron chi connectivity index (χ4n) is 4.71. The van der Waals surface area contributed by atoms with Gasteiger partial charge in [-0.1, -0.05) is 17.7 Å². The molecule has 6 rings (SSSR count). The van der Waals surface area contributed by atoms with Gasteiger partial charge in [0.2, 0.25) is 0 Å². The molecular weight excluding hydrogens is 484 g/mol. The highest BCUT2D eigenvalue weighted by Crippen LogP contribution is 2.35. The molecule has 4 heterocycles. The van der Waals surface area contributed by atoms with Crippen LogP contribution in [0, 0.1) is 11.6 Å². The normalized spacial score (nSPS) is 14.5. The Morgan fingerprint density at radius 1 is 1.03 bits per heavy atom. The zero-order chi connectivity index (χ0) is 24.8. The molecule has 0 amide bonds. The molecule has 182 valence electrons. The number of nitrogens with two attached hydrogens (primary N) is 1. The zero-order valence-corrected chi connectivity index (χ0v) is 19.9. The standard InChI is InChI=1S/C26H22ClF2N7/c27-20-2-1-3-23(24(20)29)36-22-5-4-17(28)11-21(22)34-26(36)19-10-15(12-32-25(19)30)16-13-33-35(14-16)18-6-8-31-9-7-18/h1-5,10-14,18,31H,6-9H2,(H2,30,32). The third kappa shape index (κ3) is 3.90. The lowest BCUT2D eigenvalue weighted by atomic mass is 10.1. The Bertz CT molecular complexity index is 1590. The van der Waals surface area contributed by atoms with Gasteiger partial charge in [0.05, 0.1) is 39.5 Å². The molecule has 10 heteroatoms. The van der Waals surface area contributed by atoms with E-state index in [1.165, 1.54) is 18.2 Å². The number of aromatic nitrogens is 5. The van der Waals surface area contributed by atoms with E-state index in [1.807, 2.05) is 16.9 Å². The maximum absolute atomic E-state index is 15.2. The number of nitrogens with one attached hydrogen (secondary N) is 1. The van der Waals surface area contributed by atoms with Crippen molar-refractivity contribution in [3.05, 3.63) is 77.7 Å². The van der Waals surface area contributed by atoms with Gasteiger partial charge in [-0.3, -0.25) is 9.25 Å². The Hall–Kier alpha value is -3.82. The molecule has 5 aromatic rings. The van der Waals surface area contributed by atoms with Crippen LogP contribution in [-0.4, -0.2) is 37.4 Å². The third-order valence-corrected chi connectivity index (χ3v) is 6.86. The summed E-state index contributed by atoms with van der Waals surface area (Å²) in [7, 11) is 0. The molecule has 3 N–H and O–H groups in total. The summed E-state index contributed by atoms with van der Waals surface area (Å²) in [5.74, 6) is -0.524. The molecule has 1 aliphatic rings. The zero-order valence-electron chi connectivity index (χ0n) is 19.1. The van der Waals surface area contributed by atoms with E-state index in [2.05, 4.69) is 20.4 Å². The molecule has 3 aromatic heterocycles. The molecule has 7 nitrogen and oxygen atoms in total. The maximum Gasteiger partial charge on any atom is 0.165 e. The van der Waals surface area contributed by atoms with Gasteiger partial charge in [0.1, 0.15) is 17.5 Å². The number of halogens is 3. The fraction of sp³-hybridized carbons (Fsp3) is 0.192. The van der Waals surface area contributed by atoms with E-state index in [9.17, 15) is 4.39 Å². The number of nitrogen functional groups attached to an aromatic ring is 1. The molecule has 1 aliphatic heterocycles. The van der Waals surface area contributed by atoms with E-state index in [1.54, 1.807) is 35.2 Å². The third-order valence-electron chi connectivity index (χ3n) is 6.57. The van der Waals surface area contributed by atoms with Crippen LogP contribution in [0.1, 0.15) is 18.9 Å². The predicted molar refractivity (Wildman–Crippen MR) is 136 cm³/mol. The maximum atomic E-state index is 15.2. The van der Waals surface area contributed by atoms with Crippen LogP contribution in [0.2, 0.25) is 5.02 Å². The van der Waals surface area contributed by atoms with Crippen molar-refractivity contribution in [1.82, 2.24) is 29.6 Å². The highest BCUT2D eigenvalue weighted by atomic mass is 35.5. The van der Waals surface area contributed by atoms with Crippen LogP contribution >= 0.6 is 11.6 Å². The molecule has 0 atom stereocenters. The minimum absolute atomic E-state index is 0.0346. The summed E-state index contributed by atoms with van der Waals surface area (Å²) in [4.78, 5) is 9.03. The van der Waals surface area contributed by atoms with Gasteiger partial charge >= 0.3 is 0 Å². The van der Waals surface area contributed by atoms with Crippen LogP contribution in [0.3, 0.4) is 0 Å². The SMILES string of the molecule is Nc1ncc(-c2cnn(C3CCNCC3)c2)cc1-c1nc2cc(F)ccc2n1-c1cccc(Cl)c1F. The summed E-state index contributed by atoms with van der Waals surface area (Å²) < 4.78 is 32.8. The number of fused-ring (bicyclic) bond motifs is 1. The lowest BCUT2D eigenvalue weighted by molar-refractivity contribution is 0.343. The number of benzene rings is 2. The predicted octanol–water partition coefficient (Wildman–Crippen LogP) is 5.39. The van der Waals surface area contributed by atoms with Crippen LogP contribution in [0.25, 0.3) is 39.2 Å². The van der Waals surface area contributed by atoms with E-state index in [-0.39, 0.29) is 16.5 Å². The molecule has 0 saturated carbocycles. The molecule has 0 spiro atoms. The lowest BCUT2D eigenvalue weighted by Crippen LogP contribution is -2.29. The summed E-state index contributed by atoms with van der Waals surface area (Å²) in [5.41, 5.74) is 9.49. The van der Waals surface area contributed by atoms with Gasteiger partial charge in [0.25, 0.3) is 0 Å². The van der Waals surface area contributed by atoms with Crippen molar-refractivity contribution < 1.29 is 8.78 Å². The summed E-state index contributed by atoms with van der Waals surface area (Å²) in [6.07, 6.45) is 7.50. The van der Waals surface area contributed by atoms with Gasteiger partial charge in [-0.05, 0) is 56.3 Å². The summed E-state index contributed by atoms with van der Waals surface area (Å²) in [5, 5.41) is 7.90. The topological polar surface area (TPSA) is 86.6 Å². The Morgan fingerprint density at radius 2 is 1.86 bits per heavy atom. The van der Waals surface area contributed by atoms with Gasteiger partial charge in [0.15, 0.2) is 5.82 Å². The van der Waals surface area contributed by atoms with Crippen LogP contribution in [-0.2, 0) is 0 Å². The molecule has 1 saturated heterocycles. The average molecular weight is 506 g/mol. The first kappa shape index (κ1) is 22.6. The minimum Gasteiger partial charge on any atom is -0.383 e. The molecule has 0 radical (unpaired) electrons. The van der Waals surface area contributed by atoms with E-state index in [0.717, 1.165) is 37.1 Å². The van der Waals surface area contributed by atoms with Crippen LogP contribution in [0.5, 0.6) is 0 Å². The van der Waals surface area contributed by atoms with Gasteiger partial charge < -0.3 is 11.1 Å². The second-order valence-corrected chi connectivity index (χ2v) is 9.23. The number of hydrogen-bond acceptors (Lipinski definition) is 5. The van der Waals surface area contributed by atoms with Crippen molar-refractivity contribution in [1.29, 1.82) is 0 Å². The van der Waals surface area contributed by atoms with Crippen molar-refractivity contribution >= 4 is 28.5 Å². The summed E-state index contributed by atoms with van der Waals surface area (Å²) in [6.45, 7) is 1.93. The largest absolute Gasteiger partial charge is 0.383 e. The van der Waals surface area contributed by atoms with Gasteiger partial charge in [-0.2, -0.15) is 5.10 Å². The monoisotopic (exact) mass is 505 g/mol. The van der Waals surface area contributed by atoms with E-state index in [0.29, 0.717) is 28.5 Å². The lowest BCUT2D eigenvalue weighted by Gasteiger charge is -2.22. The van der Waals surface area contributed by atoms with E-state index < -0.39 is 11.6 Å². The Labute approximate surface area is 210 Å².